The van der Waals surface area contributed by atoms with E-state index in [9.17, 15) is 9.18 Å². The number of nitrogens with one attached hydrogen (secondary N) is 1. The molecule has 0 aliphatic carbocycles. The van der Waals surface area contributed by atoms with Gasteiger partial charge < -0.3 is 14.6 Å². The predicted molar refractivity (Wildman–Crippen MR) is 109 cm³/mol. The van der Waals surface area contributed by atoms with Crippen molar-refractivity contribution in [2.75, 3.05) is 31.6 Å². The summed E-state index contributed by atoms with van der Waals surface area (Å²) >= 11 is 0. The van der Waals surface area contributed by atoms with Crippen molar-refractivity contribution in [3.8, 4) is 5.75 Å². The normalized spacial score (nSPS) is 15.5. The number of rotatable bonds is 6. The number of hydrogen-bond acceptors (Lipinski definition) is 5. The fourth-order valence-corrected chi connectivity index (χ4v) is 3.79. The summed E-state index contributed by atoms with van der Waals surface area (Å²) in [5.74, 6) is 0.686. The maximum atomic E-state index is 13.3. The summed E-state index contributed by atoms with van der Waals surface area (Å²) in [5, 5.41) is 7.97. The van der Waals surface area contributed by atoms with Gasteiger partial charge in [-0.25, -0.2) is 4.39 Å². The first-order valence-corrected chi connectivity index (χ1v) is 9.92. The molecule has 1 amide bonds. The molecule has 1 saturated heterocycles. The second-order valence-electron chi connectivity index (χ2n) is 7.26. The van der Waals surface area contributed by atoms with Gasteiger partial charge >= 0.3 is 0 Å². The monoisotopic (exact) mass is 397 g/mol. The van der Waals surface area contributed by atoms with Gasteiger partial charge in [-0.1, -0.05) is 5.16 Å². The number of halogens is 1. The maximum Gasteiger partial charge on any atom is 0.238 e. The molecular formula is C22H24FN3O3. The molecule has 152 valence electrons. The first-order chi connectivity index (χ1) is 14.1. The molecule has 3 aromatic rings. The SMILES string of the molecule is CCOc1ccc(NC(=O)CN2CCC(c3noc4cc(F)ccc34)CC2)cc1. The Morgan fingerprint density at radius 2 is 2.00 bits per heavy atom. The quantitative estimate of drug-likeness (QED) is 0.676. The largest absolute Gasteiger partial charge is 0.494 e. The smallest absolute Gasteiger partial charge is 0.238 e. The molecule has 0 saturated carbocycles. The van der Waals surface area contributed by atoms with E-state index in [2.05, 4.69) is 15.4 Å². The number of carbonyl (C=O) groups excluding carboxylic acids is 1. The Bertz CT molecular complexity index is 979. The Kier molecular flexibility index (Phi) is 5.76. The Morgan fingerprint density at radius 1 is 1.24 bits per heavy atom. The molecule has 0 unspecified atom stereocenters. The third kappa shape index (κ3) is 4.56. The number of aromatic nitrogens is 1. The Morgan fingerprint density at radius 3 is 2.72 bits per heavy atom. The summed E-state index contributed by atoms with van der Waals surface area (Å²) in [5.41, 5.74) is 2.13. The third-order valence-electron chi connectivity index (χ3n) is 5.25. The highest BCUT2D eigenvalue weighted by atomic mass is 19.1. The molecule has 1 aromatic heterocycles. The molecule has 1 aliphatic rings. The average Bonchev–Trinajstić information content (AvgIpc) is 3.13. The van der Waals surface area contributed by atoms with Gasteiger partial charge in [-0.3, -0.25) is 9.69 Å². The van der Waals surface area contributed by atoms with Crippen LogP contribution in [-0.4, -0.2) is 42.2 Å². The lowest BCUT2D eigenvalue weighted by atomic mass is 9.91. The van der Waals surface area contributed by atoms with E-state index in [1.165, 1.54) is 12.1 Å². The summed E-state index contributed by atoms with van der Waals surface area (Å²) in [7, 11) is 0. The number of hydrogen-bond donors (Lipinski definition) is 1. The summed E-state index contributed by atoms with van der Waals surface area (Å²) in [6, 6.07) is 11.9. The highest BCUT2D eigenvalue weighted by Gasteiger charge is 2.26. The van der Waals surface area contributed by atoms with E-state index in [0.29, 0.717) is 18.7 Å². The minimum Gasteiger partial charge on any atom is -0.494 e. The minimum atomic E-state index is -0.325. The van der Waals surface area contributed by atoms with Crippen LogP contribution in [0.3, 0.4) is 0 Å². The molecule has 6 nitrogen and oxygen atoms in total. The number of ether oxygens (including phenoxy) is 1. The van der Waals surface area contributed by atoms with E-state index in [-0.39, 0.29) is 17.6 Å². The molecule has 2 heterocycles. The standard InChI is InChI=1S/C22H24FN3O3/c1-2-28-18-6-4-17(5-7-18)24-21(27)14-26-11-9-15(10-12-26)22-19-8-3-16(23)13-20(19)29-25-22/h3-8,13,15H,2,9-12,14H2,1H3,(H,24,27). The van der Waals surface area contributed by atoms with E-state index < -0.39 is 0 Å². The summed E-state index contributed by atoms with van der Waals surface area (Å²) in [6.07, 6.45) is 1.77. The first-order valence-electron chi connectivity index (χ1n) is 9.92. The van der Waals surface area contributed by atoms with Gasteiger partial charge in [-0.2, -0.15) is 0 Å². The number of piperidine rings is 1. The fourth-order valence-electron chi connectivity index (χ4n) is 3.79. The van der Waals surface area contributed by atoms with Crippen molar-refractivity contribution in [2.24, 2.45) is 0 Å². The second-order valence-corrected chi connectivity index (χ2v) is 7.26. The van der Waals surface area contributed by atoms with Gasteiger partial charge in [0.15, 0.2) is 5.58 Å². The van der Waals surface area contributed by atoms with Crippen LogP contribution < -0.4 is 10.1 Å². The van der Waals surface area contributed by atoms with Crippen LogP contribution in [0.4, 0.5) is 10.1 Å². The fraction of sp³-hybridized carbons (Fsp3) is 0.364. The second kappa shape index (κ2) is 8.61. The van der Waals surface area contributed by atoms with Gasteiger partial charge in [-0.15, -0.1) is 0 Å². The minimum absolute atomic E-state index is 0.0324. The zero-order chi connectivity index (χ0) is 20.2. The van der Waals surface area contributed by atoms with E-state index >= 15 is 0 Å². The molecule has 0 atom stereocenters. The number of nitrogens with zero attached hydrogens (tertiary/aromatic N) is 2. The molecule has 4 rings (SSSR count). The van der Waals surface area contributed by atoms with Crippen molar-refractivity contribution >= 4 is 22.6 Å². The first kappa shape index (κ1) is 19.4. The van der Waals surface area contributed by atoms with Crippen molar-refractivity contribution < 1.29 is 18.4 Å². The van der Waals surface area contributed by atoms with Crippen molar-refractivity contribution in [1.82, 2.24) is 10.1 Å². The van der Waals surface area contributed by atoms with Gasteiger partial charge in [0.25, 0.3) is 0 Å². The van der Waals surface area contributed by atoms with E-state index in [1.54, 1.807) is 6.07 Å². The van der Waals surface area contributed by atoms with Crippen LogP contribution in [0, 0.1) is 5.82 Å². The predicted octanol–water partition coefficient (Wildman–Crippen LogP) is 4.18. The van der Waals surface area contributed by atoms with Crippen LogP contribution in [0.5, 0.6) is 5.75 Å². The van der Waals surface area contributed by atoms with Crippen molar-refractivity contribution in [3.05, 3.63) is 54.0 Å². The topological polar surface area (TPSA) is 67.6 Å². The van der Waals surface area contributed by atoms with E-state index in [0.717, 1.165) is 48.4 Å². The molecule has 0 bridgehead atoms. The van der Waals surface area contributed by atoms with Gasteiger partial charge in [0.05, 0.1) is 18.8 Å². The molecule has 0 spiro atoms. The number of fused-ring (bicyclic) bond motifs is 1. The molecule has 29 heavy (non-hydrogen) atoms. The third-order valence-corrected chi connectivity index (χ3v) is 5.25. The highest BCUT2D eigenvalue weighted by molar-refractivity contribution is 5.92. The summed E-state index contributed by atoms with van der Waals surface area (Å²) in [4.78, 5) is 14.5. The van der Waals surface area contributed by atoms with E-state index in [4.69, 9.17) is 9.26 Å². The molecule has 1 aliphatic heterocycles. The van der Waals surface area contributed by atoms with Gasteiger partial charge in [-0.05, 0) is 69.3 Å². The number of amides is 1. The van der Waals surface area contributed by atoms with Crippen LogP contribution in [0.15, 0.2) is 47.0 Å². The van der Waals surface area contributed by atoms with Crippen molar-refractivity contribution in [2.45, 2.75) is 25.7 Å². The van der Waals surface area contributed by atoms with E-state index in [1.807, 2.05) is 31.2 Å². The maximum absolute atomic E-state index is 13.3. The molecule has 7 heteroatoms. The summed E-state index contributed by atoms with van der Waals surface area (Å²) < 4.78 is 24.0. The Labute approximate surface area is 168 Å². The lowest BCUT2D eigenvalue weighted by Crippen LogP contribution is -2.38. The van der Waals surface area contributed by atoms with Crippen molar-refractivity contribution in [3.63, 3.8) is 0 Å². The Hall–Kier alpha value is -2.93. The van der Waals surface area contributed by atoms with Crippen LogP contribution >= 0.6 is 0 Å². The zero-order valence-corrected chi connectivity index (χ0v) is 16.4. The van der Waals surface area contributed by atoms with Crippen LogP contribution in [-0.2, 0) is 4.79 Å². The average molecular weight is 397 g/mol. The lowest BCUT2D eigenvalue weighted by molar-refractivity contribution is -0.117. The van der Waals surface area contributed by atoms with Gasteiger partial charge in [0.2, 0.25) is 5.91 Å². The number of carbonyl (C=O) groups is 1. The molecule has 2 aromatic carbocycles. The zero-order valence-electron chi connectivity index (χ0n) is 16.4. The molecule has 0 radical (unpaired) electrons. The number of benzene rings is 2. The Balaban J connectivity index is 1.29. The number of anilines is 1. The number of likely N-dealkylation sites (tertiary alicyclic amines) is 1. The van der Waals surface area contributed by atoms with Gasteiger partial charge in [0, 0.05) is 23.1 Å². The molecule has 1 N–H and O–H groups in total. The summed E-state index contributed by atoms with van der Waals surface area (Å²) in [6.45, 7) is 4.50. The lowest BCUT2D eigenvalue weighted by Gasteiger charge is -2.30. The van der Waals surface area contributed by atoms with Crippen LogP contribution in [0.1, 0.15) is 31.4 Å². The van der Waals surface area contributed by atoms with Crippen LogP contribution in [0.25, 0.3) is 11.0 Å². The van der Waals surface area contributed by atoms with Crippen molar-refractivity contribution in [1.29, 1.82) is 0 Å². The van der Waals surface area contributed by atoms with Crippen LogP contribution in [0.2, 0.25) is 0 Å². The van der Waals surface area contributed by atoms with Gasteiger partial charge in [0.1, 0.15) is 11.6 Å². The molecular weight excluding hydrogens is 373 g/mol. The highest BCUT2D eigenvalue weighted by Crippen LogP contribution is 2.32. The molecule has 1 fully saturated rings.